The fourth-order valence-electron chi connectivity index (χ4n) is 2.44. The maximum atomic E-state index is 13.4. The lowest BCUT2D eigenvalue weighted by Gasteiger charge is -2.21. The molecule has 0 aliphatic carbocycles. The molecule has 2 aromatic carbocycles. The number of urea groups is 1. The Labute approximate surface area is 152 Å². The van der Waals surface area contributed by atoms with Gasteiger partial charge in [-0.1, -0.05) is 0 Å². The zero-order valence-corrected chi connectivity index (χ0v) is 14.9. The zero-order valence-electron chi connectivity index (χ0n) is 14.9. The van der Waals surface area contributed by atoms with Gasteiger partial charge in [0.2, 0.25) is 0 Å². The van der Waals surface area contributed by atoms with Crippen LogP contribution < -0.4 is 20.3 Å². The Morgan fingerprint density at radius 2 is 1.77 bits per heavy atom. The Balaban J connectivity index is 1.74. The lowest BCUT2D eigenvalue weighted by Crippen LogP contribution is -2.32. The number of benzene rings is 2. The number of halogens is 2. The quantitative estimate of drug-likeness (QED) is 0.697. The first-order valence-corrected chi connectivity index (χ1v) is 8.51. The zero-order chi connectivity index (χ0) is 18.9. The fraction of sp³-hybridized carbons (Fsp3) is 0.316. The number of carbonyl (C=O) groups is 1. The van der Waals surface area contributed by atoms with Crippen LogP contribution >= 0.6 is 0 Å². The van der Waals surface area contributed by atoms with Gasteiger partial charge in [-0.25, -0.2) is 13.6 Å². The SMILES string of the molecule is CCN(CC)c1ccc(NC(=O)NCCOc2ccc(F)cc2F)cc1. The van der Waals surface area contributed by atoms with E-state index in [0.29, 0.717) is 5.69 Å². The Kier molecular flexibility index (Phi) is 7.20. The van der Waals surface area contributed by atoms with E-state index in [-0.39, 0.29) is 24.9 Å². The van der Waals surface area contributed by atoms with Gasteiger partial charge in [0.1, 0.15) is 12.4 Å². The standard InChI is InChI=1S/C19H23F2N3O2/c1-3-24(4-2)16-8-6-15(7-9-16)23-19(25)22-11-12-26-18-10-5-14(20)13-17(18)21/h5-10,13H,3-4,11-12H2,1-2H3,(H2,22,23,25). The highest BCUT2D eigenvalue weighted by Gasteiger charge is 2.06. The predicted octanol–water partition coefficient (Wildman–Crippen LogP) is 4.01. The summed E-state index contributed by atoms with van der Waals surface area (Å²) in [5, 5.41) is 5.32. The normalized spacial score (nSPS) is 10.3. The van der Waals surface area contributed by atoms with Crippen molar-refractivity contribution in [1.82, 2.24) is 5.32 Å². The molecule has 0 atom stereocenters. The first-order valence-electron chi connectivity index (χ1n) is 8.51. The number of nitrogens with one attached hydrogen (secondary N) is 2. The van der Waals surface area contributed by atoms with Crippen LogP contribution in [0.1, 0.15) is 13.8 Å². The summed E-state index contributed by atoms with van der Waals surface area (Å²) in [5.41, 5.74) is 1.76. The summed E-state index contributed by atoms with van der Waals surface area (Å²) in [7, 11) is 0. The molecule has 7 heteroatoms. The third kappa shape index (κ3) is 5.61. The van der Waals surface area contributed by atoms with Crippen LogP contribution in [-0.2, 0) is 0 Å². The van der Waals surface area contributed by atoms with Crippen molar-refractivity contribution in [1.29, 1.82) is 0 Å². The van der Waals surface area contributed by atoms with Crippen LogP contribution in [0.25, 0.3) is 0 Å². The number of anilines is 2. The van der Waals surface area contributed by atoms with Crippen molar-refractivity contribution in [3.63, 3.8) is 0 Å². The van der Waals surface area contributed by atoms with E-state index in [4.69, 9.17) is 4.74 Å². The Hall–Kier alpha value is -2.83. The largest absolute Gasteiger partial charge is 0.489 e. The number of hydrogen-bond acceptors (Lipinski definition) is 3. The molecule has 2 N–H and O–H groups in total. The first-order chi connectivity index (χ1) is 12.5. The number of carbonyl (C=O) groups excluding carboxylic acids is 1. The van der Waals surface area contributed by atoms with E-state index in [9.17, 15) is 13.6 Å². The maximum Gasteiger partial charge on any atom is 0.319 e. The second-order valence-corrected chi connectivity index (χ2v) is 5.52. The van der Waals surface area contributed by atoms with E-state index in [1.54, 1.807) is 0 Å². The topological polar surface area (TPSA) is 53.6 Å². The van der Waals surface area contributed by atoms with Gasteiger partial charge in [0.25, 0.3) is 0 Å². The van der Waals surface area contributed by atoms with Crippen LogP contribution in [0.3, 0.4) is 0 Å². The van der Waals surface area contributed by atoms with Crippen molar-refractivity contribution in [2.24, 2.45) is 0 Å². The third-order valence-corrected chi connectivity index (χ3v) is 3.79. The van der Waals surface area contributed by atoms with Gasteiger partial charge in [-0.3, -0.25) is 0 Å². The molecular formula is C19H23F2N3O2. The Morgan fingerprint density at radius 1 is 1.08 bits per heavy atom. The van der Waals surface area contributed by atoms with Gasteiger partial charge in [0.05, 0.1) is 6.54 Å². The van der Waals surface area contributed by atoms with Crippen LogP contribution in [0.5, 0.6) is 5.75 Å². The van der Waals surface area contributed by atoms with Crippen molar-refractivity contribution < 1.29 is 18.3 Å². The minimum Gasteiger partial charge on any atom is -0.489 e. The van der Waals surface area contributed by atoms with Gasteiger partial charge in [-0.15, -0.1) is 0 Å². The van der Waals surface area contributed by atoms with Crippen LogP contribution in [0, 0.1) is 11.6 Å². The van der Waals surface area contributed by atoms with E-state index in [2.05, 4.69) is 29.4 Å². The fourth-order valence-corrected chi connectivity index (χ4v) is 2.44. The molecule has 26 heavy (non-hydrogen) atoms. The molecule has 2 amide bonds. The highest BCUT2D eigenvalue weighted by Crippen LogP contribution is 2.18. The van der Waals surface area contributed by atoms with Gasteiger partial charge in [-0.05, 0) is 50.2 Å². The summed E-state index contributed by atoms with van der Waals surface area (Å²) in [6.07, 6.45) is 0. The summed E-state index contributed by atoms with van der Waals surface area (Å²) in [5.74, 6) is -1.50. The molecule has 0 aliphatic heterocycles. The van der Waals surface area contributed by atoms with Crippen molar-refractivity contribution in [2.45, 2.75) is 13.8 Å². The second-order valence-electron chi connectivity index (χ2n) is 5.52. The summed E-state index contributed by atoms with van der Waals surface area (Å²) >= 11 is 0. The van der Waals surface area contributed by atoms with E-state index in [0.717, 1.165) is 30.9 Å². The van der Waals surface area contributed by atoms with Gasteiger partial charge in [0.15, 0.2) is 11.6 Å². The number of ether oxygens (including phenoxy) is 1. The third-order valence-electron chi connectivity index (χ3n) is 3.79. The van der Waals surface area contributed by atoms with E-state index in [1.165, 1.54) is 6.07 Å². The van der Waals surface area contributed by atoms with Gasteiger partial charge in [0, 0.05) is 30.5 Å². The molecule has 0 aliphatic rings. The predicted molar refractivity (Wildman–Crippen MR) is 98.9 cm³/mol. The number of amides is 2. The Bertz CT molecular complexity index is 719. The van der Waals surface area contributed by atoms with Crippen LogP contribution in [-0.4, -0.2) is 32.3 Å². The molecule has 0 aromatic heterocycles. The Morgan fingerprint density at radius 3 is 2.38 bits per heavy atom. The van der Waals surface area contributed by atoms with Gasteiger partial charge < -0.3 is 20.3 Å². The minimum absolute atomic E-state index is 0.0550. The monoisotopic (exact) mass is 363 g/mol. The lowest BCUT2D eigenvalue weighted by molar-refractivity contribution is 0.246. The van der Waals surface area contributed by atoms with E-state index in [1.807, 2.05) is 24.3 Å². The average Bonchev–Trinajstić information content (AvgIpc) is 2.62. The van der Waals surface area contributed by atoms with Crippen molar-refractivity contribution in [3.05, 3.63) is 54.1 Å². The van der Waals surface area contributed by atoms with E-state index >= 15 is 0 Å². The number of nitrogens with zero attached hydrogens (tertiary/aromatic N) is 1. The molecule has 0 saturated heterocycles. The van der Waals surface area contributed by atoms with Crippen molar-refractivity contribution in [3.8, 4) is 5.75 Å². The molecule has 0 spiro atoms. The summed E-state index contributed by atoms with van der Waals surface area (Å²) in [6, 6.07) is 10.2. The van der Waals surface area contributed by atoms with Crippen LogP contribution in [0.2, 0.25) is 0 Å². The number of rotatable bonds is 8. The smallest absolute Gasteiger partial charge is 0.319 e. The summed E-state index contributed by atoms with van der Waals surface area (Å²) in [4.78, 5) is 14.1. The first kappa shape index (κ1) is 19.5. The lowest BCUT2D eigenvalue weighted by atomic mass is 10.2. The van der Waals surface area contributed by atoms with Crippen molar-refractivity contribution in [2.75, 3.05) is 36.5 Å². The van der Waals surface area contributed by atoms with Gasteiger partial charge >= 0.3 is 6.03 Å². The maximum absolute atomic E-state index is 13.4. The highest BCUT2D eigenvalue weighted by molar-refractivity contribution is 5.89. The molecule has 0 unspecified atom stereocenters. The number of hydrogen-bond donors (Lipinski definition) is 2. The molecular weight excluding hydrogens is 340 g/mol. The highest BCUT2D eigenvalue weighted by atomic mass is 19.1. The molecule has 2 rings (SSSR count). The summed E-state index contributed by atoms with van der Waals surface area (Å²) < 4.78 is 31.4. The molecule has 5 nitrogen and oxygen atoms in total. The molecule has 0 bridgehead atoms. The van der Waals surface area contributed by atoms with Crippen molar-refractivity contribution >= 4 is 17.4 Å². The average molecular weight is 363 g/mol. The van der Waals surface area contributed by atoms with Gasteiger partial charge in [-0.2, -0.15) is 0 Å². The molecule has 0 fully saturated rings. The molecule has 0 heterocycles. The summed E-state index contributed by atoms with van der Waals surface area (Å²) in [6.45, 7) is 6.25. The molecule has 2 aromatic rings. The molecule has 140 valence electrons. The molecule has 0 saturated carbocycles. The minimum atomic E-state index is -0.775. The van der Waals surface area contributed by atoms with Crippen LogP contribution in [0.15, 0.2) is 42.5 Å². The van der Waals surface area contributed by atoms with E-state index < -0.39 is 11.6 Å². The molecule has 0 radical (unpaired) electrons. The second kappa shape index (κ2) is 9.60. The van der Waals surface area contributed by atoms with Crippen LogP contribution in [0.4, 0.5) is 25.0 Å².